The van der Waals surface area contributed by atoms with E-state index in [9.17, 15) is 9.18 Å². The number of carbonyl (C=O) groups is 1. The van der Waals surface area contributed by atoms with Crippen molar-refractivity contribution < 1.29 is 13.9 Å². The number of nitrogens with one attached hydrogen (secondary N) is 1. The topological polar surface area (TPSA) is 41.6 Å². The van der Waals surface area contributed by atoms with Gasteiger partial charge in [0.25, 0.3) is 0 Å². The van der Waals surface area contributed by atoms with Gasteiger partial charge in [-0.15, -0.1) is 0 Å². The molecule has 0 saturated carbocycles. The Hall–Kier alpha value is -1.33. The Labute approximate surface area is 122 Å². The van der Waals surface area contributed by atoms with Crippen molar-refractivity contribution in [3.05, 3.63) is 28.5 Å². The quantitative estimate of drug-likeness (QED) is 0.930. The first-order valence-electron chi connectivity index (χ1n) is 6.54. The molecular formula is C14H18ClFN2O2. The summed E-state index contributed by atoms with van der Waals surface area (Å²) in [6.45, 7) is 3.84. The molecule has 0 aliphatic carbocycles. The van der Waals surface area contributed by atoms with E-state index in [4.69, 9.17) is 16.3 Å². The molecule has 1 atom stereocenters. The molecule has 2 rings (SSSR count). The van der Waals surface area contributed by atoms with Gasteiger partial charge in [0.05, 0.1) is 12.1 Å². The van der Waals surface area contributed by atoms with E-state index in [0.29, 0.717) is 26.1 Å². The minimum Gasteiger partial charge on any atom is -0.492 e. The van der Waals surface area contributed by atoms with Crippen molar-refractivity contribution in [2.75, 3.05) is 20.2 Å². The Morgan fingerprint density at radius 1 is 1.55 bits per heavy atom. The number of hydrogen-bond donors (Lipinski definition) is 1. The fourth-order valence-corrected chi connectivity index (χ4v) is 2.62. The van der Waals surface area contributed by atoms with Crippen LogP contribution in [0, 0.1) is 5.82 Å². The Kier molecular flexibility index (Phi) is 4.83. The van der Waals surface area contributed by atoms with Crippen molar-refractivity contribution in [2.24, 2.45) is 0 Å². The third kappa shape index (κ3) is 3.41. The zero-order valence-electron chi connectivity index (χ0n) is 11.6. The molecular weight excluding hydrogens is 283 g/mol. The van der Waals surface area contributed by atoms with E-state index in [1.165, 1.54) is 13.2 Å². The van der Waals surface area contributed by atoms with Crippen LogP contribution >= 0.6 is 11.6 Å². The zero-order valence-corrected chi connectivity index (χ0v) is 12.3. The lowest BCUT2D eigenvalue weighted by Gasteiger charge is -2.26. The molecule has 0 aromatic heterocycles. The van der Waals surface area contributed by atoms with Crippen molar-refractivity contribution in [3.63, 3.8) is 0 Å². The van der Waals surface area contributed by atoms with Crippen LogP contribution in [0.3, 0.4) is 0 Å². The molecule has 0 spiro atoms. The maximum absolute atomic E-state index is 13.8. The Bertz CT molecular complexity index is 487. The highest BCUT2D eigenvalue weighted by molar-refractivity contribution is 6.32. The maximum Gasteiger partial charge on any atom is 0.221 e. The lowest BCUT2D eigenvalue weighted by Crippen LogP contribution is -2.37. The SMILES string of the molecule is COc1c(F)cc(CN2CCC(=O)NC[C@H]2C)cc1Cl. The number of ether oxygens (including phenoxy) is 1. The molecule has 0 radical (unpaired) electrons. The highest BCUT2D eigenvalue weighted by Crippen LogP contribution is 2.29. The molecule has 0 unspecified atom stereocenters. The van der Waals surface area contributed by atoms with Gasteiger partial charge >= 0.3 is 0 Å². The van der Waals surface area contributed by atoms with Crippen LogP contribution < -0.4 is 10.1 Å². The first-order valence-corrected chi connectivity index (χ1v) is 6.91. The first kappa shape index (κ1) is 15.1. The second kappa shape index (κ2) is 6.41. The standard InChI is InChI=1S/C14H18ClFN2O2/c1-9-7-17-13(19)3-4-18(9)8-10-5-11(15)14(20-2)12(16)6-10/h5-6,9H,3-4,7-8H2,1-2H3,(H,17,19)/t9-/m1/s1. The summed E-state index contributed by atoms with van der Waals surface area (Å²) in [4.78, 5) is 13.5. The molecule has 1 aliphatic rings. The fraction of sp³-hybridized carbons (Fsp3) is 0.500. The summed E-state index contributed by atoms with van der Waals surface area (Å²) in [7, 11) is 1.39. The van der Waals surface area contributed by atoms with E-state index < -0.39 is 5.82 Å². The van der Waals surface area contributed by atoms with Crippen LogP contribution in [-0.2, 0) is 11.3 Å². The summed E-state index contributed by atoms with van der Waals surface area (Å²) in [5, 5.41) is 3.11. The van der Waals surface area contributed by atoms with Crippen LogP contribution in [-0.4, -0.2) is 37.0 Å². The molecule has 20 heavy (non-hydrogen) atoms. The summed E-state index contributed by atoms with van der Waals surface area (Å²) < 4.78 is 18.7. The van der Waals surface area contributed by atoms with E-state index in [1.54, 1.807) is 6.07 Å². The minimum absolute atomic E-state index is 0.0540. The van der Waals surface area contributed by atoms with Gasteiger partial charge in [-0.1, -0.05) is 11.6 Å². The average Bonchev–Trinajstić information content (AvgIpc) is 2.54. The normalized spacial score (nSPS) is 20.4. The van der Waals surface area contributed by atoms with E-state index >= 15 is 0 Å². The van der Waals surface area contributed by atoms with E-state index in [-0.39, 0.29) is 22.7 Å². The summed E-state index contributed by atoms with van der Waals surface area (Å²) in [5.41, 5.74) is 0.773. The molecule has 1 fully saturated rings. The van der Waals surface area contributed by atoms with Gasteiger partial charge in [0.2, 0.25) is 5.91 Å². The van der Waals surface area contributed by atoms with Crippen LogP contribution in [0.2, 0.25) is 5.02 Å². The van der Waals surface area contributed by atoms with Crippen molar-refractivity contribution >= 4 is 17.5 Å². The minimum atomic E-state index is -0.466. The number of methoxy groups -OCH3 is 1. The van der Waals surface area contributed by atoms with Crippen LogP contribution in [0.5, 0.6) is 5.75 Å². The number of benzene rings is 1. The maximum atomic E-state index is 13.8. The van der Waals surface area contributed by atoms with Crippen LogP contribution in [0.25, 0.3) is 0 Å². The van der Waals surface area contributed by atoms with Gasteiger partial charge in [-0.2, -0.15) is 0 Å². The average molecular weight is 301 g/mol. The van der Waals surface area contributed by atoms with Gasteiger partial charge in [0.15, 0.2) is 11.6 Å². The number of hydrogen-bond acceptors (Lipinski definition) is 3. The summed E-state index contributed by atoms with van der Waals surface area (Å²) in [6.07, 6.45) is 0.455. The van der Waals surface area contributed by atoms with E-state index in [1.807, 2.05) is 6.92 Å². The highest BCUT2D eigenvalue weighted by Gasteiger charge is 2.21. The van der Waals surface area contributed by atoms with E-state index in [2.05, 4.69) is 10.2 Å². The molecule has 1 heterocycles. The number of rotatable bonds is 3. The van der Waals surface area contributed by atoms with Crippen molar-refractivity contribution in [1.29, 1.82) is 0 Å². The van der Waals surface area contributed by atoms with Crippen molar-refractivity contribution in [1.82, 2.24) is 10.2 Å². The number of carbonyl (C=O) groups excluding carboxylic acids is 1. The second-order valence-corrected chi connectivity index (χ2v) is 5.37. The monoisotopic (exact) mass is 300 g/mol. The van der Waals surface area contributed by atoms with Crippen LogP contribution in [0.15, 0.2) is 12.1 Å². The summed E-state index contributed by atoms with van der Waals surface area (Å²) in [6, 6.07) is 3.33. The zero-order chi connectivity index (χ0) is 14.7. The third-order valence-electron chi connectivity index (χ3n) is 3.49. The van der Waals surface area contributed by atoms with Gasteiger partial charge in [0, 0.05) is 32.1 Å². The fourth-order valence-electron chi connectivity index (χ4n) is 2.31. The molecule has 1 aromatic rings. The van der Waals surface area contributed by atoms with E-state index in [0.717, 1.165) is 5.56 Å². The molecule has 1 amide bonds. The van der Waals surface area contributed by atoms with Gasteiger partial charge in [-0.3, -0.25) is 9.69 Å². The molecule has 1 saturated heterocycles. The van der Waals surface area contributed by atoms with Gasteiger partial charge in [-0.25, -0.2) is 4.39 Å². The third-order valence-corrected chi connectivity index (χ3v) is 3.77. The summed E-state index contributed by atoms with van der Waals surface area (Å²) >= 11 is 5.99. The lowest BCUT2D eigenvalue weighted by molar-refractivity contribution is -0.120. The number of halogens is 2. The number of nitrogens with zero attached hydrogens (tertiary/aromatic N) is 1. The lowest BCUT2D eigenvalue weighted by atomic mass is 10.1. The Morgan fingerprint density at radius 3 is 2.95 bits per heavy atom. The first-order chi connectivity index (χ1) is 9.51. The molecule has 4 nitrogen and oxygen atoms in total. The molecule has 6 heteroatoms. The molecule has 1 N–H and O–H groups in total. The second-order valence-electron chi connectivity index (χ2n) is 4.97. The predicted octanol–water partition coefficient (Wildman–Crippen LogP) is 2.20. The van der Waals surface area contributed by atoms with Crippen molar-refractivity contribution in [3.8, 4) is 5.75 Å². The smallest absolute Gasteiger partial charge is 0.221 e. The summed E-state index contributed by atoms with van der Waals surface area (Å²) in [5.74, 6) is -0.346. The van der Waals surface area contributed by atoms with Crippen LogP contribution in [0.4, 0.5) is 4.39 Å². The number of amides is 1. The Morgan fingerprint density at radius 2 is 2.30 bits per heavy atom. The molecule has 1 aromatic carbocycles. The predicted molar refractivity (Wildman–Crippen MR) is 75.5 cm³/mol. The largest absolute Gasteiger partial charge is 0.492 e. The molecule has 110 valence electrons. The van der Waals surface area contributed by atoms with Gasteiger partial charge in [-0.05, 0) is 24.6 Å². The molecule has 0 bridgehead atoms. The van der Waals surface area contributed by atoms with Gasteiger partial charge < -0.3 is 10.1 Å². The highest BCUT2D eigenvalue weighted by atomic mass is 35.5. The Balaban J connectivity index is 2.14. The molecule has 1 aliphatic heterocycles. The van der Waals surface area contributed by atoms with Crippen molar-refractivity contribution in [2.45, 2.75) is 25.9 Å². The van der Waals surface area contributed by atoms with Gasteiger partial charge in [0.1, 0.15) is 0 Å². The van der Waals surface area contributed by atoms with Crippen LogP contribution in [0.1, 0.15) is 18.9 Å².